The van der Waals surface area contributed by atoms with Crippen molar-refractivity contribution in [3.63, 3.8) is 0 Å². The number of rotatable bonds is 6. The van der Waals surface area contributed by atoms with Crippen molar-refractivity contribution < 1.29 is 27.7 Å². The van der Waals surface area contributed by atoms with Gasteiger partial charge in [0, 0.05) is 16.9 Å². The molecule has 0 atom stereocenters. The van der Waals surface area contributed by atoms with E-state index < -0.39 is 28.5 Å². The summed E-state index contributed by atoms with van der Waals surface area (Å²) in [5.74, 6) is -1.20. The molecule has 0 aliphatic heterocycles. The van der Waals surface area contributed by atoms with Gasteiger partial charge < -0.3 is 10.6 Å². The number of hydrogen-bond acceptors (Lipinski definition) is 5. The van der Waals surface area contributed by atoms with E-state index in [1.54, 1.807) is 0 Å². The van der Waals surface area contributed by atoms with Gasteiger partial charge in [-0.1, -0.05) is 12.1 Å². The molecule has 2 N–H and O–H groups in total. The molecule has 172 valence electrons. The summed E-state index contributed by atoms with van der Waals surface area (Å²) < 4.78 is 39.8. The van der Waals surface area contributed by atoms with Crippen LogP contribution in [0.5, 0.6) is 0 Å². The maximum absolute atomic E-state index is 12.9. The molecule has 0 fully saturated rings. The van der Waals surface area contributed by atoms with Gasteiger partial charge in [0.1, 0.15) is 17.9 Å². The van der Waals surface area contributed by atoms with Crippen LogP contribution in [0.1, 0.15) is 27.3 Å². The summed E-state index contributed by atoms with van der Waals surface area (Å²) in [7, 11) is 0. The molecule has 9 nitrogen and oxygen atoms in total. The predicted molar refractivity (Wildman–Crippen MR) is 113 cm³/mol. The summed E-state index contributed by atoms with van der Waals surface area (Å²) >= 11 is 0. The fraction of sp³-hybridized carbons (Fsp3) is 0.190. The van der Waals surface area contributed by atoms with E-state index in [0.29, 0.717) is 0 Å². The van der Waals surface area contributed by atoms with E-state index >= 15 is 0 Å². The van der Waals surface area contributed by atoms with Gasteiger partial charge in [0.15, 0.2) is 0 Å². The number of nitrogens with zero attached hydrogens (tertiary/aromatic N) is 3. The number of alkyl halides is 3. The van der Waals surface area contributed by atoms with Crippen LogP contribution in [0.4, 0.5) is 30.2 Å². The van der Waals surface area contributed by atoms with Crippen molar-refractivity contribution in [3.05, 3.63) is 81.2 Å². The van der Waals surface area contributed by atoms with E-state index in [2.05, 4.69) is 15.7 Å². The lowest BCUT2D eigenvalue weighted by atomic mass is 10.1. The van der Waals surface area contributed by atoms with Gasteiger partial charge in [0.2, 0.25) is 5.91 Å². The largest absolute Gasteiger partial charge is 0.416 e. The molecule has 1 heterocycles. The van der Waals surface area contributed by atoms with Crippen LogP contribution in [-0.2, 0) is 17.5 Å². The third-order valence-electron chi connectivity index (χ3n) is 4.68. The van der Waals surface area contributed by atoms with Crippen molar-refractivity contribution in [1.82, 2.24) is 9.78 Å². The third-order valence-corrected chi connectivity index (χ3v) is 4.68. The molecule has 0 saturated carbocycles. The van der Waals surface area contributed by atoms with Crippen LogP contribution in [0.25, 0.3) is 0 Å². The molecular formula is C21H18F3N5O4. The number of anilines is 2. The number of carbonyl (C=O) groups excluding carboxylic acids is 2. The standard InChI is InChI=1S/C21H18F3N5O4/c1-12-19(29(32)33)13(2)28(27-12)11-18(30)25-16-7-3-5-14(9-16)20(31)26-17-8-4-6-15(10-17)21(22,23)24/h3-10H,11H2,1-2H3,(H,25,30)(H,26,31). The first-order valence-corrected chi connectivity index (χ1v) is 9.52. The number of halogens is 3. The molecule has 1 aromatic heterocycles. The maximum atomic E-state index is 12.9. The second-order valence-corrected chi connectivity index (χ2v) is 7.10. The van der Waals surface area contributed by atoms with Crippen LogP contribution >= 0.6 is 0 Å². The average molecular weight is 461 g/mol. The number of aromatic nitrogens is 2. The number of benzene rings is 2. The predicted octanol–water partition coefficient (Wildman–Crippen LogP) is 4.32. The Balaban J connectivity index is 1.70. The molecule has 0 unspecified atom stereocenters. The molecular weight excluding hydrogens is 443 g/mol. The van der Waals surface area contributed by atoms with Gasteiger partial charge in [-0.25, -0.2) is 0 Å². The third kappa shape index (κ3) is 5.53. The van der Waals surface area contributed by atoms with Crippen LogP contribution in [0.15, 0.2) is 48.5 Å². The summed E-state index contributed by atoms with van der Waals surface area (Å²) in [6, 6.07) is 10.0. The lowest BCUT2D eigenvalue weighted by Crippen LogP contribution is -2.21. The van der Waals surface area contributed by atoms with Gasteiger partial charge in [-0.05, 0) is 50.2 Å². The summed E-state index contributed by atoms with van der Waals surface area (Å²) in [6.07, 6.45) is -4.54. The topological polar surface area (TPSA) is 119 Å². The monoisotopic (exact) mass is 461 g/mol. The highest BCUT2D eigenvalue weighted by Gasteiger charge is 2.30. The quantitative estimate of drug-likeness (QED) is 0.419. The molecule has 0 saturated heterocycles. The van der Waals surface area contributed by atoms with E-state index in [9.17, 15) is 32.9 Å². The number of carbonyl (C=O) groups is 2. The smallest absolute Gasteiger partial charge is 0.324 e. The molecule has 0 spiro atoms. The molecule has 2 aromatic carbocycles. The normalized spacial score (nSPS) is 11.2. The highest BCUT2D eigenvalue weighted by molar-refractivity contribution is 6.05. The molecule has 3 aromatic rings. The zero-order valence-electron chi connectivity index (χ0n) is 17.4. The van der Waals surface area contributed by atoms with Gasteiger partial charge in [-0.2, -0.15) is 18.3 Å². The lowest BCUT2D eigenvalue weighted by molar-refractivity contribution is -0.386. The van der Waals surface area contributed by atoms with Crippen molar-refractivity contribution >= 4 is 28.9 Å². The van der Waals surface area contributed by atoms with Gasteiger partial charge in [0.05, 0.1) is 10.5 Å². The number of nitro groups is 1. The van der Waals surface area contributed by atoms with E-state index in [0.717, 1.165) is 12.1 Å². The summed E-state index contributed by atoms with van der Waals surface area (Å²) in [4.78, 5) is 35.4. The molecule has 0 bridgehead atoms. The van der Waals surface area contributed by atoms with Crippen LogP contribution in [0.2, 0.25) is 0 Å². The van der Waals surface area contributed by atoms with Crippen LogP contribution in [0.3, 0.4) is 0 Å². The first-order valence-electron chi connectivity index (χ1n) is 9.52. The Morgan fingerprint density at radius 2 is 1.70 bits per heavy atom. The zero-order chi connectivity index (χ0) is 24.3. The van der Waals surface area contributed by atoms with Crippen LogP contribution in [-0.4, -0.2) is 26.5 Å². The first kappa shape index (κ1) is 23.4. The van der Waals surface area contributed by atoms with Crippen molar-refractivity contribution in [2.24, 2.45) is 0 Å². The number of nitrogens with one attached hydrogen (secondary N) is 2. The summed E-state index contributed by atoms with van der Waals surface area (Å²) in [5.41, 5.74) is -0.336. The molecule has 0 radical (unpaired) electrons. The van der Waals surface area contributed by atoms with Crippen molar-refractivity contribution in [2.75, 3.05) is 10.6 Å². The van der Waals surface area contributed by atoms with E-state index in [1.165, 1.54) is 54.9 Å². The van der Waals surface area contributed by atoms with Crippen LogP contribution < -0.4 is 10.6 Å². The second-order valence-electron chi connectivity index (χ2n) is 7.10. The Bertz CT molecular complexity index is 1240. The molecule has 0 aliphatic rings. The Hall–Kier alpha value is -4.22. The Labute approximate surface area is 185 Å². The van der Waals surface area contributed by atoms with Crippen molar-refractivity contribution in [2.45, 2.75) is 26.6 Å². The van der Waals surface area contributed by atoms with Crippen molar-refractivity contribution in [1.29, 1.82) is 0 Å². The minimum absolute atomic E-state index is 0.0321. The summed E-state index contributed by atoms with van der Waals surface area (Å²) in [6.45, 7) is 2.65. The molecule has 2 amide bonds. The van der Waals surface area contributed by atoms with Gasteiger partial charge >= 0.3 is 11.9 Å². The average Bonchev–Trinajstić information content (AvgIpc) is 3.00. The molecule has 33 heavy (non-hydrogen) atoms. The van der Waals surface area contributed by atoms with E-state index in [4.69, 9.17) is 0 Å². The first-order chi connectivity index (χ1) is 15.5. The SMILES string of the molecule is Cc1nn(CC(=O)Nc2cccc(C(=O)Nc3cccc(C(F)(F)F)c3)c2)c(C)c1[N+](=O)[O-]. The number of amides is 2. The summed E-state index contributed by atoms with van der Waals surface area (Å²) in [5, 5.41) is 20.0. The van der Waals surface area contributed by atoms with Gasteiger partial charge in [-0.3, -0.25) is 24.4 Å². The Morgan fingerprint density at radius 3 is 2.30 bits per heavy atom. The Kier molecular flexibility index (Phi) is 6.47. The highest BCUT2D eigenvalue weighted by atomic mass is 19.4. The highest BCUT2D eigenvalue weighted by Crippen LogP contribution is 2.30. The van der Waals surface area contributed by atoms with Gasteiger partial charge in [0.25, 0.3) is 5.91 Å². The number of aryl methyl sites for hydroxylation is 1. The lowest BCUT2D eigenvalue weighted by Gasteiger charge is -2.11. The second kappa shape index (κ2) is 9.10. The Morgan fingerprint density at radius 1 is 1.06 bits per heavy atom. The van der Waals surface area contributed by atoms with E-state index in [1.807, 2.05) is 0 Å². The van der Waals surface area contributed by atoms with Crippen molar-refractivity contribution in [3.8, 4) is 0 Å². The molecule has 0 aliphatic carbocycles. The maximum Gasteiger partial charge on any atom is 0.416 e. The van der Waals surface area contributed by atoms with Crippen LogP contribution in [0, 0.1) is 24.0 Å². The van der Waals surface area contributed by atoms with Gasteiger partial charge in [-0.15, -0.1) is 0 Å². The molecule has 3 rings (SSSR count). The fourth-order valence-corrected chi connectivity index (χ4v) is 3.16. The number of hydrogen-bond donors (Lipinski definition) is 2. The minimum Gasteiger partial charge on any atom is -0.324 e. The zero-order valence-corrected chi connectivity index (χ0v) is 17.4. The van der Waals surface area contributed by atoms with E-state index in [-0.39, 0.29) is 40.6 Å². The minimum atomic E-state index is -4.54. The fourth-order valence-electron chi connectivity index (χ4n) is 3.16. The molecule has 12 heteroatoms.